The number of pyridine rings is 2. The van der Waals surface area contributed by atoms with Gasteiger partial charge in [-0.15, -0.1) is 0 Å². The van der Waals surface area contributed by atoms with E-state index in [1.54, 1.807) is 24.5 Å². The summed E-state index contributed by atoms with van der Waals surface area (Å²) in [7, 11) is 0. The molecule has 0 aliphatic heterocycles. The van der Waals surface area contributed by atoms with E-state index in [2.05, 4.69) is 20.4 Å². The van der Waals surface area contributed by atoms with Gasteiger partial charge < -0.3 is 14.6 Å². The van der Waals surface area contributed by atoms with E-state index in [0.29, 0.717) is 23.2 Å². The van der Waals surface area contributed by atoms with Crippen LogP contribution in [0.3, 0.4) is 0 Å². The van der Waals surface area contributed by atoms with Crippen molar-refractivity contribution in [1.82, 2.24) is 20.4 Å². The Bertz CT molecular complexity index is 902. The van der Waals surface area contributed by atoms with E-state index < -0.39 is 0 Å². The van der Waals surface area contributed by atoms with Crippen LogP contribution >= 0.6 is 0 Å². The number of amides is 1. The molecule has 0 bridgehead atoms. The van der Waals surface area contributed by atoms with Crippen LogP contribution < -0.4 is 10.1 Å². The van der Waals surface area contributed by atoms with Crippen LogP contribution in [-0.4, -0.2) is 27.1 Å². The molecule has 3 aromatic rings. The van der Waals surface area contributed by atoms with Crippen molar-refractivity contribution >= 4 is 5.91 Å². The molecule has 0 aromatic carbocycles. The summed E-state index contributed by atoms with van der Waals surface area (Å²) in [5.74, 6) is 1.04. The van der Waals surface area contributed by atoms with Gasteiger partial charge in [0.05, 0.1) is 11.1 Å². The maximum atomic E-state index is 12.0. The molecule has 0 radical (unpaired) electrons. The first-order valence-corrected chi connectivity index (χ1v) is 8.46. The molecule has 3 heterocycles. The number of carbonyl (C=O) groups is 1. The van der Waals surface area contributed by atoms with Gasteiger partial charge in [0, 0.05) is 36.3 Å². The number of hydrogen-bond acceptors (Lipinski definition) is 6. The molecule has 1 saturated carbocycles. The summed E-state index contributed by atoms with van der Waals surface area (Å²) in [5, 5.41) is 7.04. The lowest BCUT2D eigenvalue weighted by molar-refractivity contribution is 0.0950. The van der Waals surface area contributed by atoms with E-state index in [0.717, 1.165) is 29.7 Å². The van der Waals surface area contributed by atoms with Gasteiger partial charge in [-0.2, -0.15) is 0 Å². The first-order valence-electron chi connectivity index (χ1n) is 8.46. The summed E-state index contributed by atoms with van der Waals surface area (Å²) in [6.45, 7) is 2.11. The number of nitrogens with one attached hydrogen (secondary N) is 1. The fourth-order valence-electron chi connectivity index (χ4n) is 2.54. The molecule has 4 rings (SSSR count). The van der Waals surface area contributed by atoms with E-state index in [4.69, 9.17) is 9.26 Å². The van der Waals surface area contributed by atoms with Crippen molar-refractivity contribution < 1.29 is 14.1 Å². The molecular formula is C19H18N4O3. The smallest absolute Gasteiger partial charge is 0.253 e. The Hall–Kier alpha value is -3.22. The van der Waals surface area contributed by atoms with Crippen LogP contribution in [0.2, 0.25) is 0 Å². The minimum Gasteiger partial charge on any atom is -0.473 e. The van der Waals surface area contributed by atoms with Crippen molar-refractivity contribution in [2.75, 3.05) is 0 Å². The molecule has 0 unspecified atom stereocenters. The summed E-state index contributed by atoms with van der Waals surface area (Å²) in [4.78, 5) is 20.2. The maximum absolute atomic E-state index is 12.0. The molecule has 0 spiro atoms. The van der Waals surface area contributed by atoms with Gasteiger partial charge in [-0.25, -0.2) is 4.98 Å². The third-order valence-electron chi connectivity index (χ3n) is 4.21. The first-order chi connectivity index (χ1) is 12.7. The number of aromatic nitrogens is 3. The largest absolute Gasteiger partial charge is 0.473 e. The summed E-state index contributed by atoms with van der Waals surface area (Å²) >= 11 is 0. The fourth-order valence-corrected chi connectivity index (χ4v) is 2.54. The highest BCUT2D eigenvalue weighted by molar-refractivity contribution is 5.94. The lowest BCUT2D eigenvalue weighted by Gasteiger charge is -2.07. The molecule has 1 amide bonds. The zero-order chi connectivity index (χ0) is 17.9. The Labute approximate surface area is 150 Å². The Morgan fingerprint density at radius 2 is 2.08 bits per heavy atom. The lowest BCUT2D eigenvalue weighted by Crippen LogP contribution is -2.25. The van der Waals surface area contributed by atoms with Crippen LogP contribution in [0.25, 0.3) is 11.3 Å². The van der Waals surface area contributed by atoms with Gasteiger partial charge in [-0.1, -0.05) is 5.16 Å². The number of ether oxygens (including phenoxy) is 1. The number of rotatable bonds is 6. The average molecular weight is 350 g/mol. The summed E-state index contributed by atoms with van der Waals surface area (Å²) in [5.41, 5.74) is 3.03. The zero-order valence-electron chi connectivity index (χ0n) is 14.3. The van der Waals surface area contributed by atoms with Gasteiger partial charge in [0.2, 0.25) is 5.88 Å². The second kappa shape index (κ2) is 6.95. The predicted molar refractivity (Wildman–Crippen MR) is 93.5 cm³/mol. The second-order valence-electron chi connectivity index (χ2n) is 6.22. The topological polar surface area (TPSA) is 90.1 Å². The fraction of sp³-hybridized carbons (Fsp3) is 0.263. The molecule has 0 atom stereocenters. The van der Waals surface area contributed by atoms with E-state index in [1.807, 2.05) is 19.1 Å². The monoisotopic (exact) mass is 350 g/mol. The first kappa shape index (κ1) is 16.3. The Morgan fingerprint density at radius 3 is 2.77 bits per heavy atom. The highest BCUT2D eigenvalue weighted by Crippen LogP contribution is 2.26. The average Bonchev–Trinajstić information content (AvgIpc) is 3.41. The predicted octanol–water partition coefficient (Wildman–Crippen LogP) is 2.91. The Morgan fingerprint density at radius 1 is 1.27 bits per heavy atom. The molecule has 0 saturated heterocycles. The van der Waals surface area contributed by atoms with Crippen LogP contribution in [-0.2, 0) is 6.61 Å². The highest BCUT2D eigenvalue weighted by atomic mass is 16.5. The number of aryl methyl sites for hydroxylation is 1. The Balaban J connectivity index is 1.44. The molecule has 7 heteroatoms. The lowest BCUT2D eigenvalue weighted by atomic mass is 10.1. The third kappa shape index (κ3) is 3.56. The molecule has 3 aromatic heterocycles. The quantitative estimate of drug-likeness (QED) is 0.735. The standard InChI is InChI=1S/C19H18N4O3/c1-12-16(18(23-26-12)13-6-8-20-9-7-13)11-25-17-5-2-14(10-21-17)19(24)22-15-3-4-15/h2,5-10,15H,3-4,11H2,1H3,(H,22,24). The molecular weight excluding hydrogens is 332 g/mol. The number of hydrogen-bond donors (Lipinski definition) is 1. The van der Waals surface area contributed by atoms with E-state index >= 15 is 0 Å². The van der Waals surface area contributed by atoms with Crippen molar-refractivity contribution in [2.45, 2.75) is 32.4 Å². The summed E-state index contributed by atoms with van der Waals surface area (Å²) in [6, 6.07) is 7.46. The molecule has 7 nitrogen and oxygen atoms in total. The summed E-state index contributed by atoms with van der Waals surface area (Å²) < 4.78 is 11.1. The van der Waals surface area contributed by atoms with E-state index in [1.165, 1.54) is 6.20 Å². The highest BCUT2D eigenvalue weighted by Gasteiger charge is 2.24. The van der Waals surface area contributed by atoms with Crippen LogP contribution in [0.15, 0.2) is 47.4 Å². The van der Waals surface area contributed by atoms with Crippen LogP contribution in [0, 0.1) is 6.92 Å². The van der Waals surface area contributed by atoms with Crippen molar-refractivity contribution in [3.8, 4) is 17.1 Å². The Kier molecular flexibility index (Phi) is 4.35. The van der Waals surface area contributed by atoms with Crippen molar-refractivity contribution in [3.05, 3.63) is 59.7 Å². The van der Waals surface area contributed by atoms with Crippen LogP contribution in [0.4, 0.5) is 0 Å². The molecule has 26 heavy (non-hydrogen) atoms. The maximum Gasteiger partial charge on any atom is 0.253 e. The van der Waals surface area contributed by atoms with E-state index in [9.17, 15) is 4.79 Å². The second-order valence-corrected chi connectivity index (χ2v) is 6.22. The summed E-state index contributed by atoms with van der Waals surface area (Å²) in [6.07, 6.45) is 7.04. The molecule has 1 N–H and O–H groups in total. The van der Waals surface area contributed by atoms with Crippen molar-refractivity contribution in [1.29, 1.82) is 0 Å². The normalized spacial score (nSPS) is 13.4. The minimum atomic E-state index is -0.0959. The van der Waals surface area contributed by atoms with Gasteiger partial charge in [-0.05, 0) is 38.0 Å². The van der Waals surface area contributed by atoms with Gasteiger partial charge in [-0.3, -0.25) is 9.78 Å². The van der Waals surface area contributed by atoms with Crippen LogP contribution in [0.1, 0.15) is 34.5 Å². The molecule has 1 fully saturated rings. The SMILES string of the molecule is Cc1onc(-c2ccncc2)c1COc1ccc(C(=O)NC2CC2)cn1. The van der Waals surface area contributed by atoms with Crippen molar-refractivity contribution in [3.63, 3.8) is 0 Å². The third-order valence-corrected chi connectivity index (χ3v) is 4.21. The number of carbonyl (C=O) groups excluding carboxylic acids is 1. The zero-order valence-corrected chi connectivity index (χ0v) is 14.3. The molecule has 1 aliphatic carbocycles. The van der Waals surface area contributed by atoms with Gasteiger partial charge >= 0.3 is 0 Å². The minimum absolute atomic E-state index is 0.0959. The van der Waals surface area contributed by atoms with Crippen LogP contribution in [0.5, 0.6) is 5.88 Å². The van der Waals surface area contributed by atoms with E-state index in [-0.39, 0.29) is 12.5 Å². The van der Waals surface area contributed by atoms with Gasteiger partial charge in [0.25, 0.3) is 5.91 Å². The van der Waals surface area contributed by atoms with Gasteiger partial charge in [0.15, 0.2) is 0 Å². The molecule has 1 aliphatic rings. The molecule has 132 valence electrons. The number of nitrogens with zero attached hydrogens (tertiary/aromatic N) is 3. The van der Waals surface area contributed by atoms with Gasteiger partial charge in [0.1, 0.15) is 18.1 Å². The van der Waals surface area contributed by atoms with Crippen molar-refractivity contribution in [2.24, 2.45) is 0 Å².